The van der Waals surface area contributed by atoms with Gasteiger partial charge in [-0.25, -0.2) is 4.98 Å². The van der Waals surface area contributed by atoms with Crippen molar-refractivity contribution in [2.45, 2.75) is 0 Å². The lowest BCUT2D eigenvalue weighted by atomic mass is 10.2. The number of amides is 1. The van der Waals surface area contributed by atoms with Crippen LogP contribution in [0.1, 0.15) is 10.4 Å². The number of nitrogens with zero attached hydrogens (tertiary/aromatic N) is 1. The van der Waals surface area contributed by atoms with Gasteiger partial charge in [0.05, 0.1) is 20.8 Å². The van der Waals surface area contributed by atoms with Crippen LogP contribution in [0.25, 0.3) is 10.2 Å². The molecule has 1 heterocycles. The molecule has 2 aromatic carbocycles. The summed E-state index contributed by atoms with van der Waals surface area (Å²) in [7, 11) is 0. The van der Waals surface area contributed by atoms with Crippen LogP contribution in [0.5, 0.6) is 0 Å². The summed E-state index contributed by atoms with van der Waals surface area (Å²) in [5, 5.41) is 4.06. The molecule has 0 aliphatic heterocycles. The molecule has 0 radical (unpaired) electrons. The normalized spacial score (nSPS) is 10.8. The lowest BCUT2D eigenvalue weighted by Gasteiger charge is -2.07. The molecule has 0 aliphatic carbocycles. The summed E-state index contributed by atoms with van der Waals surface area (Å²) in [6.45, 7) is 0. The summed E-state index contributed by atoms with van der Waals surface area (Å²) in [5.74, 6) is -0.306. The summed E-state index contributed by atoms with van der Waals surface area (Å²) < 4.78 is 0.968. The smallest absolute Gasteiger partial charge is 0.257 e. The number of fused-ring (bicyclic) bond motifs is 1. The second-order valence-corrected chi connectivity index (χ2v) is 6.22. The van der Waals surface area contributed by atoms with Gasteiger partial charge in [0.15, 0.2) is 5.13 Å². The highest BCUT2D eigenvalue weighted by atomic mass is 35.5. The monoisotopic (exact) mass is 337 g/mol. The summed E-state index contributed by atoms with van der Waals surface area (Å²) in [5.41, 5.74) is 7.39. The van der Waals surface area contributed by atoms with Gasteiger partial charge >= 0.3 is 0 Å². The minimum Gasteiger partial charge on any atom is -0.375 e. The van der Waals surface area contributed by atoms with E-state index in [4.69, 9.17) is 28.9 Å². The summed E-state index contributed by atoms with van der Waals surface area (Å²) in [6.07, 6.45) is 0. The molecule has 0 spiro atoms. The van der Waals surface area contributed by atoms with Crippen LogP contribution in [-0.4, -0.2) is 10.9 Å². The van der Waals surface area contributed by atoms with Crippen LogP contribution in [0, 0.1) is 0 Å². The number of aromatic nitrogens is 1. The molecule has 7 heteroatoms. The number of halogens is 2. The Balaban J connectivity index is 1.88. The third-order valence-electron chi connectivity index (χ3n) is 2.84. The molecule has 1 aromatic heterocycles. The number of hydrogen-bond acceptors (Lipinski definition) is 4. The molecule has 0 fully saturated rings. The fourth-order valence-corrected chi connectivity index (χ4v) is 3.10. The Morgan fingerprint density at radius 1 is 1.19 bits per heavy atom. The number of rotatable bonds is 2. The van der Waals surface area contributed by atoms with Gasteiger partial charge in [0.1, 0.15) is 0 Å². The highest BCUT2D eigenvalue weighted by molar-refractivity contribution is 7.22. The molecule has 106 valence electrons. The molecule has 0 aliphatic rings. The van der Waals surface area contributed by atoms with Gasteiger partial charge in [0, 0.05) is 10.7 Å². The number of benzene rings is 2. The van der Waals surface area contributed by atoms with Gasteiger partial charge in [-0.05, 0) is 36.4 Å². The third kappa shape index (κ3) is 2.95. The predicted molar refractivity (Wildman–Crippen MR) is 88.4 cm³/mol. The van der Waals surface area contributed by atoms with Crippen molar-refractivity contribution >= 4 is 61.5 Å². The Bertz CT molecular complexity index is 847. The standard InChI is InChI=1S/C14H9Cl2N3OS/c15-7-1-3-9(10(16)5-7)13(20)18-8-2-4-12-11(6-8)19-14(17)21-12/h1-6H,(H2,17,19)(H,18,20). The van der Waals surface area contributed by atoms with E-state index in [1.807, 2.05) is 6.07 Å². The number of carbonyl (C=O) groups excluding carboxylic acids is 1. The van der Waals surface area contributed by atoms with E-state index < -0.39 is 0 Å². The van der Waals surface area contributed by atoms with Crippen molar-refractivity contribution in [1.82, 2.24) is 4.98 Å². The molecular weight excluding hydrogens is 329 g/mol. The lowest BCUT2D eigenvalue weighted by molar-refractivity contribution is 0.102. The van der Waals surface area contributed by atoms with Gasteiger partial charge in [-0.3, -0.25) is 4.79 Å². The third-order valence-corrected chi connectivity index (χ3v) is 4.25. The first-order chi connectivity index (χ1) is 10.0. The van der Waals surface area contributed by atoms with E-state index in [0.29, 0.717) is 26.4 Å². The highest BCUT2D eigenvalue weighted by Crippen LogP contribution is 2.27. The minimum atomic E-state index is -0.306. The summed E-state index contributed by atoms with van der Waals surface area (Å²) >= 11 is 13.2. The maximum Gasteiger partial charge on any atom is 0.257 e. The molecule has 3 N–H and O–H groups in total. The Morgan fingerprint density at radius 3 is 2.76 bits per heavy atom. The number of nitrogens with two attached hydrogens (primary N) is 1. The SMILES string of the molecule is Nc1nc2cc(NC(=O)c3ccc(Cl)cc3Cl)ccc2s1. The zero-order valence-electron chi connectivity index (χ0n) is 10.6. The zero-order valence-corrected chi connectivity index (χ0v) is 12.9. The maximum atomic E-state index is 12.2. The predicted octanol–water partition coefficient (Wildman–Crippen LogP) is 4.44. The van der Waals surface area contributed by atoms with E-state index in [9.17, 15) is 4.79 Å². The quantitative estimate of drug-likeness (QED) is 0.726. The second kappa shape index (κ2) is 5.52. The minimum absolute atomic E-state index is 0.305. The van der Waals surface area contributed by atoms with Crippen molar-refractivity contribution < 1.29 is 4.79 Å². The molecule has 21 heavy (non-hydrogen) atoms. The Kier molecular flexibility index (Phi) is 3.71. The average molecular weight is 338 g/mol. The number of nitrogen functional groups attached to an aromatic ring is 1. The molecule has 0 atom stereocenters. The van der Waals surface area contributed by atoms with Crippen LogP contribution in [0.3, 0.4) is 0 Å². The first-order valence-corrected chi connectivity index (χ1v) is 7.52. The number of thiazole rings is 1. The van der Waals surface area contributed by atoms with Gasteiger partial charge in [0.2, 0.25) is 0 Å². The molecule has 0 bridgehead atoms. The first kappa shape index (κ1) is 14.1. The molecular formula is C14H9Cl2N3OS. The summed E-state index contributed by atoms with van der Waals surface area (Å²) in [4.78, 5) is 16.4. The fourth-order valence-electron chi connectivity index (χ4n) is 1.90. The van der Waals surface area contributed by atoms with Crippen LogP contribution in [0.15, 0.2) is 36.4 Å². The number of carbonyl (C=O) groups is 1. The van der Waals surface area contributed by atoms with Gasteiger partial charge in [-0.1, -0.05) is 34.5 Å². The molecule has 0 saturated heterocycles. The van der Waals surface area contributed by atoms with Gasteiger partial charge in [0.25, 0.3) is 5.91 Å². The topological polar surface area (TPSA) is 68.0 Å². The molecule has 0 unspecified atom stereocenters. The molecule has 3 aromatic rings. The van der Waals surface area contributed by atoms with E-state index in [1.54, 1.807) is 24.3 Å². The molecule has 4 nitrogen and oxygen atoms in total. The number of hydrogen-bond donors (Lipinski definition) is 2. The van der Waals surface area contributed by atoms with Gasteiger partial charge < -0.3 is 11.1 Å². The lowest BCUT2D eigenvalue weighted by Crippen LogP contribution is -2.12. The van der Waals surface area contributed by atoms with Gasteiger partial charge in [-0.15, -0.1) is 0 Å². The van der Waals surface area contributed by atoms with Crippen molar-refractivity contribution in [3.05, 3.63) is 52.0 Å². The van der Waals surface area contributed by atoms with E-state index in [2.05, 4.69) is 10.3 Å². The van der Waals surface area contributed by atoms with Crippen molar-refractivity contribution in [2.24, 2.45) is 0 Å². The second-order valence-electron chi connectivity index (χ2n) is 4.31. The van der Waals surface area contributed by atoms with Crippen molar-refractivity contribution in [3.8, 4) is 0 Å². The fraction of sp³-hybridized carbons (Fsp3) is 0. The van der Waals surface area contributed by atoms with E-state index in [1.165, 1.54) is 17.4 Å². The highest BCUT2D eigenvalue weighted by Gasteiger charge is 2.11. The molecule has 0 saturated carbocycles. The first-order valence-electron chi connectivity index (χ1n) is 5.95. The number of anilines is 2. The van der Waals surface area contributed by atoms with Crippen LogP contribution in [0.2, 0.25) is 10.0 Å². The number of nitrogens with one attached hydrogen (secondary N) is 1. The Morgan fingerprint density at radius 2 is 2.00 bits per heavy atom. The molecule has 1 amide bonds. The van der Waals surface area contributed by atoms with Crippen molar-refractivity contribution in [3.63, 3.8) is 0 Å². The average Bonchev–Trinajstić information content (AvgIpc) is 2.77. The Hall–Kier alpha value is -1.82. The van der Waals surface area contributed by atoms with Crippen LogP contribution in [-0.2, 0) is 0 Å². The van der Waals surface area contributed by atoms with E-state index in [-0.39, 0.29) is 5.91 Å². The maximum absolute atomic E-state index is 12.2. The van der Waals surface area contributed by atoms with Crippen LogP contribution < -0.4 is 11.1 Å². The van der Waals surface area contributed by atoms with Crippen LogP contribution in [0.4, 0.5) is 10.8 Å². The van der Waals surface area contributed by atoms with Gasteiger partial charge in [-0.2, -0.15) is 0 Å². The zero-order chi connectivity index (χ0) is 15.0. The largest absolute Gasteiger partial charge is 0.375 e. The summed E-state index contributed by atoms with van der Waals surface area (Å²) in [6, 6.07) is 10.2. The van der Waals surface area contributed by atoms with Crippen LogP contribution >= 0.6 is 34.5 Å². The van der Waals surface area contributed by atoms with Crippen molar-refractivity contribution in [2.75, 3.05) is 11.1 Å². The molecule has 3 rings (SSSR count). The van der Waals surface area contributed by atoms with E-state index >= 15 is 0 Å². The Labute approximate surface area is 134 Å². The van der Waals surface area contributed by atoms with Crippen molar-refractivity contribution in [1.29, 1.82) is 0 Å². The van der Waals surface area contributed by atoms with E-state index in [0.717, 1.165) is 10.2 Å².